The first kappa shape index (κ1) is 32.6. The highest BCUT2D eigenvalue weighted by Gasteiger charge is 2.36. The highest BCUT2D eigenvalue weighted by atomic mass is 35.5. The van der Waals surface area contributed by atoms with Crippen LogP contribution in [0.3, 0.4) is 0 Å². The summed E-state index contributed by atoms with van der Waals surface area (Å²) >= 11 is 6.04. The number of esters is 1. The largest absolute Gasteiger partial charge is 0.466 e. The third kappa shape index (κ3) is 8.55. The molecule has 0 saturated carbocycles. The Morgan fingerprint density at radius 3 is 2.05 bits per heavy atom. The molecule has 1 aliphatic heterocycles. The minimum absolute atomic E-state index is 0. The second-order valence-electron chi connectivity index (χ2n) is 10.6. The number of carbonyl (C=O) groups is 2. The molecule has 0 bridgehead atoms. The zero-order valence-corrected chi connectivity index (χ0v) is 25.1. The Labute approximate surface area is 254 Å². The van der Waals surface area contributed by atoms with Gasteiger partial charge in [0.15, 0.2) is 0 Å². The maximum Gasteiger partial charge on any atom is 0.315 e. The van der Waals surface area contributed by atoms with Gasteiger partial charge in [0.1, 0.15) is 6.42 Å². The van der Waals surface area contributed by atoms with Crippen LogP contribution in [0, 0.1) is 0 Å². The number of likely N-dealkylation sites (tertiary alicyclic amines) is 1. The third-order valence-electron chi connectivity index (χ3n) is 7.99. The van der Waals surface area contributed by atoms with Crippen molar-refractivity contribution in [1.82, 2.24) is 10.2 Å². The normalized spacial score (nSPS) is 15.0. The molecule has 3 aromatic carbocycles. The molecule has 0 aliphatic carbocycles. The minimum Gasteiger partial charge on any atom is -0.466 e. The molecule has 0 aromatic heterocycles. The monoisotopic (exact) mass is 598 g/mol. The molecule has 1 saturated heterocycles. The Morgan fingerprint density at radius 2 is 1.51 bits per heavy atom. The van der Waals surface area contributed by atoms with Gasteiger partial charge in [0.05, 0.1) is 12.2 Å². The Morgan fingerprint density at radius 1 is 0.951 bits per heavy atom. The van der Waals surface area contributed by atoms with Crippen molar-refractivity contribution < 1.29 is 19.4 Å². The molecule has 1 heterocycles. The second kappa shape index (κ2) is 15.4. The quantitative estimate of drug-likeness (QED) is 0.201. The fourth-order valence-electron chi connectivity index (χ4n) is 5.72. The van der Waals surface area contributed by atoms with Gasteiger partial charge in [0.2, 0.25) is 5.91 Å². The molecule has 0 atom stereocenters. The first-order chi connectivity index (χ1) is 19.3. The Bertz CT molecular complexity index is 1190. The van der Waals surface area contributed by atoms with Crippen LogP contribution in [0.1, 0.15) is 55.7 Å². The van der Waals surface area contributed by atoms with Gasteiger partial charge in [-0.25, -0.2) is 0 Å². The van der Waals surface area contributed by atoms with E-state index in [9.17, 15) is 14.7 Å². The maximum absolute atomic E-state index is 12.7. The van der Waals surface area contributed by atoms with E-state index >= 15 is 0 Å². The summed E-state index contributed by atoms with van der Waals surface area (Å²) in [6.45, 7) is 4.84. The lowest BCUT2D eigenvalue weighted by Crippen LogP contribution is -2.44. The molecule has 0 spiro atoms. The van der Waals surface area contributed by atoms with Crippen LogP contribution >= 0.6 is 24.0 Å². The number of hydrogen-bond donors (Lipinski definition) is 2. The third-order valence-corrected chi connectivity index (χ3v) is 8.24. The van der Waals surface area contributed by atoms with E-state index in [0.29, 0.717) is 24.4 Å². The number of ether oxygens (including phenoxy) is 1. The van der Waals surface area contributed by atoms with E-state index < -0.39 is 17.0 Å². The predicted octanol–water partition coefficient (Wildman–Crippen LogP) is 5.88. The smallest absolute Gasteiger partial charge is 0.315 e. The lowest BCUT2D eigenvalue weighted by Gasteiger charge is -2.40. The van der Waals surface area contributed by atoms with Gasteiger partial charge in [-0.3, -0.25) is 9.59 Å². The van der Waals surface area contributed by atoms with Crippen molar-refractivity contribution in [2.24, 2.45) is 0 Å². The maximum atomic E-state index is 12.7. The summed E-state index contributed by atoms with van der Waals surface area (Å²) in [6.07, 6.45) is 2.75. The second-order valence-corrected chi connectivity index (χ2v) is 11.0. The first-order valence-corrected chi connectivity index (χ1v) is 14.5. The molecule has 220 valence electrons. The van der Waals surface area contributed by atoms with Crippen molar-refractivity contribution in [2.45, 2.75) is 50.0 Å². The van der Waals surface area contributed by atoms with Gasteiger partial charge in [-0.15, -0.1) is 12.4 Å². The van der Waals surface area contributed by atoms with Gasteiger partial charge in [-0.05, 0) is 68.0 Å². The number of nitrogens with zero attached hydrogens (tertiary/aromatic N) is 1. The number of halogens is 2. The summed E-state index contributed by atoms with van der Waals surface area (Å²) in [5.74, 6) is -0.860. The molecule has 6 nitrogen and oxygen atoms in total. The Kier molecular flexibility index (Phi) is 12.2. The number of hydrogen-bond acceptors (Lipinski definition) is 5. The standard InChI is InChI=1S/C33H39ClN2O4.ClH/c1-2-40-31(38)24-30(37)35-25-32(26-10-5-3-6-11-26,27-12-7-4-8-13-27)18-9-21-36-22-19-33(39,20-23-36)28-14-16-29(34)17-15-28;/h3-8,10-17,39H,2,9,18-25H2,1H3,(H,35,37);1H. The molecule has 0 unspecified atom stereocenters. The predicted molar refractivity (Wildman–Crippen MR) is 165 cm³/mol. The number of piperidine rings is 1. The summed E-state index contributed by atoms with van der Waals surface area (Å²) < 4.78 is 4.96. The van der Waals surface area contributed by atoms with Crippen LogP contribution in [0.4, 0.5) is 0 Å². The van der Waals surface area contributed by atoms with Crippen molar-refractivity contribution >= 4 is 35.9 Å². The van der Waals surface area contributed by atoms with Gasteiger partial charge in [-0.1, -0.05) is 84.4 Å². The first-order valence-electron chi connectivity index (χ1n) is 14.1. The van der Waals surface area contributed by atoms with E-state index in [1.165, 1.54) is 0 Å². The lowest BCUT2D eigenvalue weighted by molar-refractivity contribution is -0.146. The summed E-state index contributed by atoms with van der Waals surface area (Å²) in [5.41, 5.74) is 1.86. The van der Waals surface area contributed by atoms with Crippen LogP contribution in [0.5, 0.6) is 0 Å². The number of rotatable bonds is 12. The Hall–Kier alpha value is -2.90. The van der Waals surface area contributed by atoms with E-state index in [4.69, 9.17) is 16.3 Å². The van der Waals surface area contributed by atoms with Crippen molar-refractivity contribution in [2.75, 3.05) is 32.8 Å². The fourth-order valence-corrected chi connectivity index (χ4v) is 5.84. The number of carbonyl (C=O) groups excluding carboxylic acids is 2. The zero-order valence-electron chi connectivity index (χ0n) is 23.6. The van der Waals surface area contributed by atoms with E-state index in [2.05, 4.69) is 34.5 Å². The van der Waals surface area contributed by atoms with E-state index in [0.717, 1.165) is 49.2 Å². The van der Waals surface area contributed by atoms with Crippen LogP contribution in [0.15, 0.2) is 84.9 Å². The summed E-state index contributed by atoms with van der Waals surface area (Å²) in [7, 11) is 0. The number of amides is 1. The van der Waals surface area contributed by atoms with Crippen molar-refractivity contribution in [1.29, 1.82) is 0 Å². The topological polar surface area (TPSA) is 78.9 Å². The van der Waals surface area contributed by atoms with Crippen LogP contribution in [-0.4, -0.2) is 54.7 Å². The molecular weight excluding hydrogens is 559 g/mol. The molecule has 1 fully saturated rings. The van der Waals surface area contributed by atoms with Gasteiger partial charge in [-0.2, -0.15) is 0 Å². The molecule has 8 heteroatoms. The van der Waals surface area contributed by atoms with Crippen molar-refractivity contribution in [3.05, 3.63) is 107 Å². The number of aliphatic hydroxyl groups is 1. The van der Waals surface area contributed by atoms with Crippen molar-refractivity contribution in [3.8, 4) is 0 Å². The van der Waals surface area contributed by atoms with Crippen LogP contribution in [-0.2, 0) is 25.3 Å². The van der Waals surface area contributed by atoms with Gasteiger partial charge in [0, 0.05) is 30.1 Å². The Balaban J connectivity index is 0.00000462. The average Bonchev–Trinajstić information content (AvgIpc) is 2.97. The average molecular weight is 600 g/mol. The molecule has 41 heavy (non-hydrogen) atoms. The van der Waals surface area contributed by atoms with E-state index in [1.807, 2.05) is 60.7 Å². The van der Waals surface area contributed by atoms with Gasteiger partial charge in [0.25, 0.3) is 0 Å². The molecule has 2 N–H and O–H groups in total. The van der Waals surface area contributed by atoms with E-state index in [-0.39, 0.29) is 31.3 Å². The van der Waals surface area contributed by atoms with Gasteiger partial charge >= 0.3 is 5.97 Å². The van der Waals surface area contributed by atoms with E-state index in [1.54, 1.807) is 6.92 Å². The van der Waals surface area contributed by atoms with Crippen molar-refractivity contribution in [3.63, 3.8) is 0 Å². The number of nitrogens with one attached hydrogen (secondary N) is 1. The summed E-state index contributed by atoms with van der Waals surface area (Å²) in [4.78, 5) is 27.0. The molecule has 0 radical (unpaired) electrons. The van der Waals surface area contributed by atoms with Crippen LogP contribution < -0.4 is 5.32 Å². The highest BCUT2D eigenvalue weighted by Crippen LogP contribution is 2.38. The molecule has 4 rings (SSSR count). The van der Waals surface area contributed by atoms with Crippen LogP contribution in [0.25, 0.3) is 0 Å². The molecule has 1 aliphatic rings. The van der Waals surface area contributed by atoms with Gasteiger partial charge < -0.3 is 20.1 Å². The zero-order chi connectivity index (χ0) is 28.4. The molecule has 3 aromatic rings. The highest BCUT2D eigenvalue weighted by molar-refractivity contribution is 6.30. The summed E-state index contributed by atoms with van der Waals surface area (Å²) in [6, 6.07) is 28.0. The lowest BCUT2D eigenvalue weighted by atomic mass is 9.71. The fraction of sp³-hybridized carbons (Fsp3) is 0.394. The number of benzene rings is 3. The summed E-state index contributed by atoms with van der Waals surface area (Å²) in [5, 5.41) is 15.0. The molecule has 1 amide bonds. The molecular formula is C33H40Cl2N2O4. The minimum atomic E-state index is -0.831. The SMILES string of the molecule is CCOC(=O)CC(=O)NCC(CCCN1CCC(O)(c2ccc(Cl)cc2)CC1)(c1ccccc1)c1ccccc1.Cl. The van der Waals surface area contributed by atoms with Crippen LogP contribution in [0.2, 0.25) is 5.02 Å².